The number of hydrogen-bond acceptors (Lipinski definition) is 3. The van der Waals surface area contributed by atoms with Crippen LogP contribution in [0.3, 0.4) is 0 Å². The van der Waals surface area contributed by atoms with Crippen LogP contribution in [0.4, 0.5) is 0 Å². The number of aryl methyl sites for hydroxylation is 3. The first-order valence-electron chi connectivity index (χ1n) is 6.48. The van der Waals surface area contributed by atoms with Gasteiger partial charge < -0.3 is 5.11 Å². The SMILES string of the molecule is Cc1ccc(-n2nc(/C=C/C(=O)O)c(=O)cc2C)c(C)c1. The number of hydrogen-bond donors (Lipinski definition) is 1. The number of aromatic nitrogens is 2. The first kappa shape index (κ1) is 14.7. The molecule has 1 heterocycles. The molecule has 0 unspecified atom stereocenters. The zero-order chi connectivity index (χ0) is 15.6. The van der Waals surface area contributed by atoms with E-state index in [1.54, 1.807) is 11.6 Å². The zero-order valence-electron chi connectivity index (χ0n) is 12.1. The third-order valence-electron chi connectivity index (χ3n) is 3.10. The molecule has 0 radical (unpaired) electrons. The Morgan fingerprint density at radius 1 is 1.24 bits per heavy atom. The van der Waals surface area contributed by atoms with Crippen LogP contribution in [-0.2, 0) is 4.79 Å². The Bertz CT molecular complexity index is 789. The molecule has 0 aliphatic rings. The minimum absolute atomic E-state index is 0.1000. The lowest BCUT2D eigenvalue weighted by Gasteiger charge is -2.13. The summed E-state index contributed by atoms with van der Waals surface area (Å²) < 4.78 is 1.65. The van der Waals surface area contributed by atoms with Crippen molar-refractivity contribution in [1.29, 1.82) is 0 Å². The summed E-state index contributed by atoms with van der Waals surface area (Å²) in [6.07, 6.45) is 2.12. The number of aliphatic carboxylic acids is 1. The molecular weight excluding hydrogens is 268 g/mol. The third kappa shape index (κ3) is 3.25. The standard InChI is InChI=1S/C16H16N2O3/c1-10-4-6-14(11(2)8-10)18-12(3)9-15(19)13(17-18)5-7-16(20)21/h4-9H,1-3H3,(H,20,21)/b7-5+. The van der Waals surface area contributed by atoms with Gasteiger partial charge in [-0.15, -0.1) is 0 Å². The Kier molecular flexibility index (Phi) is 4.03. The van der Waals surface area contributed by atoms with E-state index in [4.69, 9.17) is 5.11 Å². The molecule has 0 amide bonds. The van der Waals surface area contributed by atoms with Crippen molar-refractivity contribution in [3.63, 3.8) is 0 Å². The summed E-state index contributed by atoms with van der Waals surface area (Å²) in [5.41, 5.74) is 3.53. The molecule has 0 aliphatic heterocycles. The van der Waals surface area contributed by atoms with Crippen molar-refractivity contribution in [2.45, 2.75) is 20.8 Å². The van der Waals surface area contributed by atoms with Crippen molar-refractivity contribution >= 4 is 12.0 Å². The highest BCUT2D eigenvalue weighted by Crippen LogP contribution is 2.16. The fourth-order valence-electron chi connectivity index (χ4n) is 2.11. The fourth-order valence-corrected chi connectivity index (χ4v) is 2.11. The van der Waals surface area contributed by atoms with E-state index >= 15 is 0 Å². The summed E-state index contributed by atoms with van der Waals surface area (Å²) in [5, 5.41) is 12.9. The number of carboxylic acid groups (broad SMARTS) is 1. The Hall–Kier alpha value is -2.69. The molecule has 5 nitrogen and oxygen atoms in total. The average Bonchev–Trinajstić information content (AvgIpc) is 2.38. The topological polar surface area (TPSA) is 72.2 Å². The van der Waals surface area contributed by atoms with Crippen LogP contribution in [0.15, 0.2) is 35.1 Å². The molecule has 2 aromatic rings. The monoisotopic (exact) mass is 284 g/mol. The van der Waals surface area contributed by atoms with Crippen LogP contribution < -0.4 is 5.43 Å². The lowest BCUT2D eigenvalue weighted by atomic mass is 10.1. The van der Waals surface area contributed by atoms with Crippen LogP contribution in [0.25, 0.3) is 11.8 Å². The van der Waals surface area contributed by atoms with Crippen LogP contribution in [0, 0.1) is 20.8 Å². The van der Waals surface area contributed by atoms with E-state index in [0.717, 1.165) is 22.9 Å². The van der Waals surface area contributed by atoms with Crippen molar-refractivity contribution in [1.82, 2.24) is 9.78 Å². The van der Waals surface area contributed by atoms with Gasteiger partial charge in [-0.2, -0.15) is 5.10 Å². The lowest BCUT2D eigenvalue weighted by Crippen LogP contribution is -2.17. The second-order valence-corrected chi connectivity index (χ2v) is 4.91. The van der Waals surface area contributed by atoms with Crippen LogP contribution in [0.2, 0.25) is 0 Å². The van der Waals surface area contributed by atoms with Crippen LogP contribution in [-0.4, -0.2) is 20.9 Å². The van der Waals surface area contributed by atoms with Gasteiger partial charge in [0.1, 0.15) is 5.69 Å². The number of rotatable bonds is 3. The summed E-state index contributed by atoms with van der Waals surface area (Å²) in [6.45, 7) is 5.76. The molecule has 0 aliphatic carbocycles. The Morgan fingerprint density at radius 2 is 1.95 bits per heavy atom. The number of nitrogens with zero attached hydrogens (tertiary/aromatic N) is 2. The lowest BCUT2D eigenvalue weighted by molar-refractivity contribution is -0.131. The van der Waals surface area contributed by atoms with E-state index < -0.39 is 5.97 Å². The summed E-state index contributed by atoms with van der Waals surface area (Å²) in [4.78, 5) is 22.4. The summed E-state index contributed by atoms with van der Waals surface area (Å²) in [6, 6.07) is 7.38. The molecule has 0 saturated heterocycles. The molecule has 0 atom stereocenters. The molecular formula is C16H16N2O3. The first-order chi connectivity index (χ1) is 9.88. The maximum absolute atomic E-state index is 11.9. The quantitative estimate of drug-likeness (QED) is 0.877. The number of carbonyl (C=O) groups is 1. The van der Waals surface area contributed by atoms with E-state index in [1.165, 1.54) is 12.1 Å². The van der Waals surface area contributed by atoms with Crippen molar-refractivity contribution in [2.24, 2.45) is 0 Å². The van der Waals surface area contributed by atoms with Gasteiger partial charge >= 0.3 is 5.97 Å². The number of benzene rings is 1. The highest BCUT2D eigenvalue weighted by Gasteiger charge is 2.08. The van der Waals surface area contributed by atoms with E-state index in [1.807, 2.05) is 32.0 Å². The minimum Gasteiger partial charge on any atom is -0.478 e. The molecule has 21 heavy (non-hydrogen) atoms. The van der Waals surface area contributed by atoms with Gasteiger partial charge in [0.2, 0.25) is 5.43 Å². The van der Waals surface area contributed by atoms with E-state index in [2.05, 4.69) is 5.10 Å². The normalized spacial score (nSPS) is 11.0. The largest absolute Gasteiger partial charge is 0.478 e. The molecule has 108 valence electrons. The van der Waals surface area contributed by atoms with Crippen molar-refractivity contribution in [3.8, 4) is 5.69 Å². The highest BCUT2D eigenvalue weighted by molar-refractivity contribution is 5.84. The maximum Gasteiger partial charge on any atom is 0.328 e. The van der Waals surface area contributed by atoms with Crippen molar-refractivity contribution < 1.29 is 9.90 Å². The Balaban J connectivity index is 2.61. The fraction of sp³-hybridized carbons (Fsp3) is 0.188. The van der Waals surface area contributed by atoms with E-state index in [-0.39, 0.29) is 11.1 Å². The van der Waals surface area contributed by atoms with Gasteiger partial charge in [0.15, 0.2) is 0 Å². The molecule has 0 spiro atoms. The van der Waals surface area contributed by atoms with Gasteiger partial charge in [-0.3, -0.25) is 4.79 Å². The van der Waals surface area contributed by atoms with Crippen molar-refractivity contribution in [3.05, 3.63) is 63.1 Å². The predicted molar refractivity (Wildman–Crippen MR) is 80.7 cm³/mol. The van der Waals surface area contributed by atoms with Crippen LogP contribution >= 0.6 is 0 Å². The Morgan fingerprint density at radius 3 is 2.57 bits per heavy atom. The second-order valence-electron chi connectivity index (χ2n) is 4.91. The van der Waals surface area contributed by atoms with Gasteiger partial charge in [0, 0.05) is 17.8 Å². The summed E-state index contributed by atoms with van der Waals surface area (Å²) in [5.74, 6) is -1.12. The molecule has 5 heteroatoms. The highest BCUT2D eigenvalue weighted by atomic mass is 16.4. The van der Waals surface area contributed by atoms with Gasteiger partial charge in [0.25, 0.3) is 0 Å². The van der Waals surface area contributed by atoms with Gasteiger partial charge in [0.05, 0.1) is 5.69 Å². The third-order valence-corrected chi connectivity index (χ3v) is 3.10. The van der Waals surface area contributed by atoms with Gasteiger partial charge in [-0.25, -0.2) is 9.48 Å². The number of carboxylic acids is 1. The first-order valence-corrected chi connectivity index (χ1v) is 6.48. The Labute approximate surface area is 122 Å². The molecule has 0 bridgehead atoms. The molecule has 1 aromatic carbocycles. The summed E-state index contributed by atoms with van der Waals surface area (Å²) >= 11 is 0. The molecule has 1 aromatic heterocycles. The summed E-state index contributed by atoms with van der Waals surface area (Å²) in [7, 11) is 0. The molecule has 1 N–H and O–H groups in total. The molecule has 0 saturated carbocycles. The molecule has 2 rings (SSSR count). The zero-order valence-corrected chi connectivity index (χ0v) is 12.1. The molecule has 0 fully saturated rings. The predicted octanol–water partition coefficient (Wildman–Crippen LogP) is 2.26. The van der Waals surface area contributed by atoms with Gasteiger partial charge in [-0.05, 0) is 38.5 Å². The smallest absolute Gasteiger partial charge is 0.328 e. The van der Waals surface area contributed by atoms with Crippen molar-refractivity contribution in [2.75, 3.05) is 0 Å². The van der Waals surface area contributed by atoms with Crippen LogP contribution in [0.1, 0.15) is 22.5 Å². The van der Waals surface area contributed by atoms with Crippen LogP contribution in [0.5, 0.6) is 0 Å². The maximum atomic E-state index is 11.9. The minimum atomic E-state index is -1.12. The average molecular weight is 284 g/mol. The van der Waals surface area contributed by atoms with Gasteiger partial charge in [-0.1, -0.05) is 17.7 Å². The van der Waals surface area contributed by atoms with E-state index in [0.29, 0.717) is 5.69 Å². The second kappa shape index (κ2) is 5.75. The van der Waals surface area contributed by atoms with E-state index in [9.17, 15) is 9.59 Å².